The Hall–Kier alpha value is -1.62. The van der Waals surface area contributed by atoms with E-state index in [0.29, 0.717) is 30.5 Å². The highest BCUT2D eigenvalue weighted by Crippen LogP contribution is 2.31. The number of aromatic nitrogens is 1. The Morgan fingerprint density at radius 2 is 2.25 bits per heavy atom. The standard InChI is InChI=1S/C15H22N2O3/c1-11(18)9-12-5-4-8-17(12)10-13-15(20-3)14(19-2)6-7-16-13/h6-7,12H,4-5,8-10H2,1-3H3. The number of pyridine rings is 1. The lowest BCUT2D eigenvalue weighted by atomic mass is 10.1. The molecular weight excluding hydrogens is 256 g/mol. The monoisotopic (exact) mass is 278 g/mol. The van der Waals surface area contributed by atoms with Crippen LogP contribution in [0.3, 0.4) is 0 Å². The lowest BCUT2D eigenvalue weighted by Crippen LogP contribution is -2.31. The van der Waals surface area contributed by atoms with E-state index < -0.39 is 0 Å². The molecular formula is C15H22N2O3. The number of Topliss-reactive ketones (excluding diaryl/α,β-unsaturated/α-hetero) is 1. The number of hydrogen-bond acceptors (Lipinski definition) is 5. The SMILES string of the molecule is COc1ccnc(CN2CCCC2CC(C)=O)c1OC. The van der Waals surface area contributed by atoms with Gasteiger partial charge < -0.3 is 9.47 Å². The minimum atomic E-state index is 0.243. The van der Waals surface area contributed by atoms with Gasteiger partial charge >= 0.3 is 0 Å². The Labute approximate surface area is 119 Å². The highest BCUT2D eigenvalue weighted by Gasteiger charge is 2.27. The minimum absolute atomic E-state index is 0.243. The summed E-state index contributed by atoms with van der Waals surface area (Å²) in [5.74, 6) is 1.62. The second-order valence-corrected chi connectivity index (χ2v) is 5.17. The third-order valence-corrected chi connectivity index (χ3v) is 3.74. The normalized spacial score (nSPS) is 19.1. The Kier molecular flexibility index (Phi) is 4.95. The highest BCUT2D eigenvalue weighted by atomic mass is 16.5. The summed E-state index contributed by atoms with van der Waals surface area (Å²) in [5.41, 5.74) is 0.863. The molecule has 1 fully saturated rings. The Bertz CT molecular complexity index is 476. The van der Waals surface area contributed by atoms with Gasteiger partial charge in [0.25, 0.3) is 0 Å². The van der Waals surface area contributed by atoms with Crippen LogP contribution in [0.4, 0.5) is 0 Å². The zero-order chi connectivity index (χ0) is 14.5. The van der Waals surface area contributed by atoms with Gasteiger partial charge in [0.15, 0.2) is 11.5 Å². The van der Waals surface area contributed by atoms with Crippen LogP contribution in [0.5, 0.6) is 11.5 Å². The van der Waals surface area contributed by atoms with Gasteiger partial charge in [-0.15, -0.1) is 0 Å². The van der Waals surface area contributed by atoms with Gasteiger partial charge in [-0.1, -0.05) is 0 Å². The predicted octanol–water partition coefficient (Wildman–Crippen LogP) is 2.04. The van der Waals surface area contributed by atoms with Crippen LogP contribution >= 0.6 is 0 Å². The molecule has 1 aliphatic heterocycles. The third-order valence-electron chi connectivity index (χ3n) is 3.74. The average molecular weight is 278 g/mol. The molecule has 1 unspecified atom stereocenters. The van der Waals surface area contributed by atoms with E-state index in [2.05, 4.69) is 9.88 Å². The maximum atomic E-state index is 11.3. The fourth-order valence-electron chi connectivity index (χ4n) is 2.82. The van der Waals surface area contributed by atoms with Gasteiger partial charge in [0.05, 0.1) is 14.2 Å². The first-order valence-corrected chi connectivity index (χ1v) is 6.95. The molecule has 5 nitrogen and oxygen atoms in total. The molecule has 0 saturated carbocycles. The van der Waals surface area contributed by atoms with Crippen molar-refractivity contribution in [1.82, 2.24) is 9.88 Å². The molecule has 0 bridgehead atoms. The first kappa shape index (κ1) is 14.8. The van der Waals surface area contributed by atoms with E-state index >= 15 is 0 Å². The number of carbonyl (C=O) groups is 1. The molecule has 110 valence electrons. The molecule has 0 aromatic carbocycles. The van der Waals surface area contributed by atoms with Gasteiger partial charge in [-0.05, 0) is 26.3 Å². The third kappa shape index (κ3) is 3.28. The van der Waals surface area contributed by atoms with Crippen molar-refractivity contribution in [3.8, 4) is 11.5 Å². The van der Waals surface area contributed by atoms with E-state index in [1.807, 2.05) is 0 Å². The second kappa shape index (κ2) is 6.70. The van der Waals surface area contributed by atoms with Crippen molar-refractivity contribution in [2.24, 2.45) is 0 Å². The van der Waals surface area contributed by atoms with Gasteiger partial charge in [0, 0.05) is 31.3 Å². The molecule has 1 saturated heterocycles. The maximum absolute atomic E-state index is 11.3. The molecule has 0 N–H and O–H groups in total. The van der Waals surface area contributed by atoms with Crippen LogP contribution < -0.4 is 9.47 Å². The first-order valence-electron chi connectivity index (χ1n) is 6.95. The fourth-order valence-corrected chi connectivity index (χ4v) is 2.82. The number of ketones is 1. The summed E-state index contributed by atoms with van der Waals surface area (Å²) in [6, 6.07) is 2.12. The van der Waals surface area contributed by atoms with E-state index in [-0.39, 0.29) is 5.78 Å². The van der Waals surface area contributed by atoms with Gasteiger partial charge in [-0.2, -0.15) is 0 Å². The van der Waals surface area contributed by atoms with Crippen molar-refractivity contribution in [1.29, 1.82) is 0 Å². The highest BCUT2D eigenvalue weighted by molar-refractivity contribution is 5.76. The summed E-state index contributed by atoms with van der Waals surface area (Å²) < 4.78 is 10.7. The number of methoxy groups -OCH3 is 2. The molecule has 2 heterocycles. The molecule has 1 aromatic heterocycles. The number of hydrogen-bond donors (Lipinski definition) is 0. The van der Waals surface area contributed by atoms with Crippen molar-refractivity contribution >= 4 is 5.78 Å². The second-order valence-electron chi connectivity index (χ2n) is 5.17. The summed E-state index contributed by atoms with van der Waals surface area (Å²) >= 11 is 0. The molecule has 1 aromatic rings. The smallest absolute Gasteiger partial charge is 0.183 e. The van der Waals surface area contributed by atoms with E-state index in [4.69, 9.17) is 9.47 Å². The molecule has 0 radical (unpaired) electrons. The summed E-state index contributed by atoms with van der Waals surface area (Å²) in [7, 11) is 3.25. The Morgan fingerprint density at radius 3 is 2.90 bits per heavy atom. The average Bonchev–Trinajstić information content (AvgIpc) is 2.85. The Morgan fingerprint density at radius 1 is 1.45 bits per heavy atom. The van der Waals surface area contributed by atoms with Gasteiger partial charge in [-0.3, -0.25) is 14.7 Å². The summed E-state index contributed by atoms with van der Waals surface area (Å²) in [5, 5.41) is 0. The quantitative estimate of drug-likeness (QED) is 0.797. The summed E-state index contributed by atoms with van der Waals surface area (Å²) in [4.78, 5) is 18.0. The molecule has 2 rings (SSSR count). The summed E-state index contributed by atoms with van der Waals surface area (Å²) in [6.07, 6.45) is 4.55. The van der Waals surface area contributed by atoms with E-state index in [1.165, 1.54) is 0 Å². The molecule has 0 spiro atoms. The van der Waals surface area contributed by atoms with Crippen molar-refractivity contribution in [3.63, 3.8) is 0 Å². The first-order chi connectivity index (χ1) is 9.65. The van der Waals surface area contributed by atoms with Crippen molar-refractivity contribution < 1.29 is 14.3 Å². The van der Waals surface area contributed by atoms with Crippen molar-refractivity contribution in [2.45, 2.75) is 38.8 Å². The lowest BCUT2D eigenvalue weighted by Gasteiger charge is -2.24. The molecule has 0 amide bonds. The van der Waals surface area contributed by atoms with Crippen LogP contribution in [0.25, 0.3) is 0 Å². The van der Waals surface area contributed by atoms with Crippen LogP contribution in [0, 0.1) is 0 Å². The van der Waals surface area contributed by atoms with Gasteiger partial charge in [0.1, 0.15) is 11.5 Å². The maximum Gasteiger partial charge on any atom is 0.183 e. The molecule has 1 atom stereocenters. The largest absolute Gasteiger partial charge is 0.493 e. The molecule has 0 aliphatic carbocycles. The van der Waals surface area contributed by atoms with Gasteiger partial charge in [-0.25, -0.2) is 0 Å². The fraction of sp³-hybridized carbons (Fsp3) is 0.600. The molecule has 20 heavy (non-hydrogen) atoms. The van der Waals surface area contributed by atoms with E-state index in [0.717, 1.165) is 25.1 Å². The van der Waals surface area contributed by atoms with Crippen molar-refractivity contribution in [2.75, 3.05) is 20.8 Å². The lowest BCUT2D eigenvalue weighted by molar-refractivity contribution is -0.118. The number of likely N-dealkylation sites (tertiary alicyclic amines) is 1. The van der Waals surface area contributed by atoms with Crippen LogP contribution in [-0.2, 0) is 11.3 Å². The Balaban J connectivity index is 2.14. The van der Waals surface area contributed by atoms with Crippen LogP contribution in [0.15, 0.2) is 12.3 Å². The number of nitrogens with zero attached hydrogens (tertiary/aromatic N) is 2. The number of ether oxygens (including phenoxy) is 2. The minimum Gasteiger partial charge on any atom is -0.493 e. The molecule has 5 heteroatoms. The number of carbonyl (C=O) groups excluding carboxylic acids is 1. The van der Waals surface area contributed by atoms with Crippen LogP contribution in [0.2, 0.25) is 0 Å². The van der Waals surface area contributed by atoms with Gasteiger partial charge in [0.2, 0.25) is 0 Å². The predicted molar refractivity (Wildman–Crippen MR) is 76.1 cm³/mol. The zero-order valence-electron chi connectivity index (χ0n) is 12.4. The van der Waals surface area contributed by atoms with E-state index in [9.17, 15) is 4.79 Å². The van der Waals surface area contributed by atoms with E-state index in [1.54, 1.807) is 33.4 Å². The zero-order valence-corrected chi connectivity index (χ0v) is 12.4. The summed E-state index contributed by atoms with van der Waals surface area (Å²) in [6.45, 7) is 3.35. The number of rotatable bonds is 6. The molecule has 1 aliphatic rings. The van der Waals surface area contributed by atoms with Crippen LogP contribution in [-0.4, -0.2) is 42.5 Å². The van der Waals surface area contributed by atoms with Crippen molar-refractivity contribution in [3.05, 3.63) is 18.0 Å². The topological polar surface area (TPSA) is 51.7 Å². The van der Waals surface area contributed by atoms with Crippen LogP contribution in [0.1, 0.15) is 31.9 Å².